The Hall–Kier alpha value is -3.54. The SMILES string of the molecule is N[n+]1[nH]nc2cc(C(=O)NC(=O)Nc3cccc(C(N)(N)N)c3)ccc21. The largest absolute Gasteiger partial charge is 0.326 e. The van der Waals surface area contributed by atoms with Gasteiger partial charge >= 0.3 is 6.03 Å². The van der Waals surface area contributed by atoms with Crippen LogP contribution in [0.15, 0.2) is 42.5 Å². The van der Waals surface area contributed by atoms with Gasteiger partial charge in [-0.05, 0) is 29.5 Å². The molecule has 0 saturated carbocycles. The minimum absolute atomic E-state index is 0.249. The fourth-order valence-electron chi connectivity index (χ4n) is 2.32. The summed E-state index contributed by atoms with van der Waals surface area (Å²) in [6.07, 6.45) is 0. The molecule has 1 aromatic heterocycles. The fourth-order valence-corrected chi connectivity index (χ4v) is 2.32. The normalized spacial score (nSPS) is 11.3. The van der Waals surface area contributed by atoms with E-state index >= 15 is 0 Å². The van der Waals surface area contributed by atoms with Crippen molar-refractivity contribution in [3.05, 3.63) is 53.6 Å². The highest BCUT2D eigenvalue weighted by Gasteiger charge is 2.18. The average Bonchev–Trinajstić information content (AvgIpc) is 2.95. The van der Waals surface area contributed by atoms with Crippen LogP contribution in [-0.2, 0) is 5.79 Å². The lowest BCUT2D eigenvalue weighted by atomic mass is 10.1. The van der Waals surface area contributed by atoms with Gasteiger partial charge in [-0.2, -0.15) is 0 Å². The monoisotopic (exact) mass is 356 g/mol. The summed E-state index contributed by atoms with van der Waals surface area (Å²) in [6.45, 7) is 0. The number of rotatable bonds is 3. The number of aromatic nitrogens is 3. The number of hydrogen-bond donors (Lipinski definition) is 7. The van der Waals surface area contributed by atoms with Crippen molar-refractivity contribution in [1.82, 2.24) is 15.6 Å². The third-order valence-electron chi connectivity index (χ3n) is 3.62. The third-order valence-corrected chi connectivity index (χ3v) is 3.62. The molecule has 11 N–H and O–H groups in total. The van der Waals surface area contributed by atoms with E-state index in [0.29, 0.717) is 22.3 Å². The number of fused-ring (bicyclic) bond motifs is 1. The second-order valence-electron chi connectivity index (χ2n) is 5.71. The van der Waals surface area contributed by atoms with Gasteiger partial charge in [0.1, 0.15) is 5.79 Å². The number of amides is 3. The summed E-state index contributed by atoms with van der Waals surface area (Å²) in [5, 5.41) is 11.2. The van der Waals surface area contributed by atoms with Gasteiger partial charge in [-0.3, -0.25) is 33.2 Å². The summed E-state index contributed by atoms with van der Waals surface area (Å²) >= 11 is 0. The molecular weight excluding hydrogens is 338 g/mol. The summed E-state index contributed by atoms with van der Waals surface area (Å²) in [5.41, 5.74) is 19.0. The first kappa shape index (κ1) is 17.3. The summed E-state index contributed by atoms with van der Waals surface area (Å²) in [5.74, 6) is 3.48. The lowest BCUT2D eigenvalue weighted by Crippen LogP contribution is -2.54. The van der Waals surface area contributed by atoms with E-state index in [-0.39, 0.29) is 5.56 Å². The number of aromatic amines is 1. The van der Waals surface area contributed by atoms with Gasteiger partial charge < -0.3 is 5.32 Å². The summed E-state index contributed by atoms with van der Waals surface area (Å²) in [6, 6.07) is 10.3. The molecule has 0 radical (unpaired) electrons. The molecule has 3 aromatic rings. The van der Waals surface area contributed by atoms with Gasteiger partial charge in [0.2, 0.25) is 5.52 Å². The van der Waals surface area contributed by atoms with Gasteiger partial charge in [-0.1, -0.05) is 16.9 Å². The molecule has 134 valence electrons. The van der Waals surface area contributed by atoms with Crippen molar-refractivity contribution in [3.8, 4) is 0 Å². The Morgan fingerprint density at radius 1 is 1.12 bits per heavy atom. The predicted molar refractivity (Wildman–Crippen MR) is 93.6 cm³/mol. The zero-order valence-corrected chi connectivity index (χ0v) is 13.6. The number of urea groups is 1. The van der Waals surface area contributed by atoms with Crippen molar-refractivity contribution in [2.45, 2.75) is 5.79 Å². The second-order valence-corrected chi connectivity index (χ2v) is 5.71. The minimum Gasteiger partial charge on any atom is -0.308 e. The number of nitrogens with one attached hydrogen (secondary N) is 3. The highest BCUT2D eigenvalue weighted by Crippen LogP contribution is 2.14. The number of benzene rings is 2. The van der Waals surface area contributed by atoms with Gasteiger partial charge in [0, 0.05) is 28.0 Å². The van der Waals surface area contributed by atoms with Gasteiger partial charge in [0.15, 0.2) is 0 Å². The maximum atomic E-state index is 12.2. The van der Waals surface area contributed by atoms with E-state index in [9.17, 15) is 9.59 Å². The predicted octanol–water partition coefficient (Wildman–Crippen LogP) is -1.49. The van der Waals surface area contributed by atoms with Gasteiger partial charge in [-0.25, -0.2) is 4.79 Å². The van der Waals surface area contributed by atoms with Crippen molar-refractivity contribution >= 4 is 28.7 Å². The van der Waals surface area contributed by atoms with Crippen molar-refractivity contribution < 1.29 is 14.4 Å². The van der Waals surface area contributed by atoms with Gasteiger partial charge in [-0.15, -0.1) is 0 Å². The molecular formula is C15H18N9O2+. The number of nitrogens with two attached hydrogens (primary N) is 4. The molecule has 3 amide bonds. The number of imide groups is 1. The fraction of sp³-hybridized carbons (Fsp3) is 0.0667. The van der Waals surface area contributed by atoms with E-state index in [4.69, 9.17) is 23.0 Å². The Morgan fingerprint density at radius 2 is 1.88 bits per heavy atom. The molecule has 3 rings (SSSR count). The van der Waals surface area contributed by atoms with Crippen LogP contribution < -0.4 is 38.5 Å². The van der Waals surface area contributed by atoms with Gasteiger partial charge in [0.25, 0.3) is 11.4 Å². The lowest BCUT2D eigenvalue weighted by molar-refractivity contribution is -0.675. The smallest absolute Gasteiger partial charge is 0.308 e. The number of carbonyl (C=O) groups is 2. The van der Waals surface area contributed by atoms with Crippen LogP contribution in [0.2, 0.25) is 0 Å². The standard InChI is InChI=1S/C15H17N9O2/c16-15(17,18)9-2-1-3-10(7-9)20-14(26)21-13(25)8-4-5-12-11(6-8)22-23-24(12)19/h1-7H,16-19H2,(H2,20,21,25,26)/p+1. The Bertz CT molecular complexity index is 990. The highest BCUT2D eigenvalue weighted by atomic mass is 16.2. The summed E-state index contributed by atoms with van der Waals surface area (Å²) in [4.78, 5) is 25.5. The number of nitrogens with zero attached hydrogens (tertiary/aromatic N) is 2. The summed E-state index contributed by atoms with van der Waals surface area (Å²) in [7, 11) is 0. The van der Waals surface area contributed by atoms with Crippen LogP contribution in [0.3, 0.4) is 0 Å². The zero-order valence-electron chi connectivity index (χ0n) is 13.6. The third kappa shape index (κ3) is 3.59. The molecule has 0 aliphatic rings. The molecule has 0 spiro atoms. The topological polar surface area (TPSA) is 195 Å². The van der Waals surface area contributed by atoms with Crippen LogP contribution in [-0.4, -0.2) is 22.3 Å². The number of hydrogen-bond acceptors (Lipinski definition) is 7. The van der Waals surface area contributed by atoms with Crippen molar-refractivity contribution in [3.63, 3.8) is 0 Å². The molecule has 0 unspecified atom stereocenters. The number of anilines is 1. The zero-order chi connectivity index (χ0) is 18.9. The van der Waals surface area contributed by atoms with Crippen LogP contribution in [0.1, 0.15) is 15.9 Å². The first-order chi connectivity index (χ1) is 12.2. The Balaban J connectivity index is 1.70. The summed E-state index contributed by atoms with van der Waals surface area (Å²) < 4.78 is 0. The van der Waals surface area contributed by atoms with Gasteiger partial charge in [0.05, 0.1) is 0 Å². The van der Waals surface area contributed by atoms with E-state index in [1.54, 1.807) is 24.3 Å². The molecule has 1 heterocycles. The van der Waals surface area contributed by atoms with E-state index in [1.807, 2.05) is 0 Å². The van der Waals surface area contributed by atoms with Crippen LogP contribution in [0.4, 0.5) is 10.5 Å². The van der Waals surface area contributed by atoms with E-state index in [0.717, 1.165) is 0 Å². The second kappa shape index (κ2) is 6.40. The molecule has 0 aliphatic heterocycles. The first-order valence-corrected chi connectivity index (χ1v) is 7.49. The molecule has 26 heavy (non-hydrogen) atoms. The maximum Gasteiger partial charge on any atom is 0.326 e. The highest BCUT2D eigenvalue weighted by molar-refractivity contribution is 6.08. The molecule has 2 aromatic carbocycles. The number of carbonyl (C=O) groups excluding carboxylic acids is 2. The van der Waals surface area contributed by atoms with E-state index < -0.39 is 17.7 Å². The van der Waals surface area contributed by atoms with Crippen LogP contribution >= 0.6 is 0 Å². The Kier molecular flexibility index (Phi) is 4.26. The van der Waals surface area contributed by atoms with Crippen molar-refractivity contribution in [2.75, 3.05) is 11.2 Å². The number of nitrogen functional groups attached to an aromatic ring is 1. The molecule has 11 heteroatoms. The number of H-pyrrole nitrogens is 1. The van der Waals surface area contributed by atoms with E-state index in [2.05, 4.69) is 20.9 Å². The minimum atomic E-state index is -1.54. The average molecular weight is 356 g/mol. The first-order valence-electron chi connectivity index (χ1n) is 7.49. The molecule has 0 saturated heterocycles. The lowest BCUT2D eigenvalue weighted by Gasteiger charge is -2.19. The molecule has 0 bridgehead atoms. The van der Waals surface area contributed by atoms with Crippen molar-refractivity contribution in [1.29, 1.82) is 0 Å². The Labute approximate surface area is 147 Å². The maximum absolute atomic E-state index is 12.2. The molecule has 11 nitrogen and oxygen atoms in total. The van der Waals surface area contributed by atoms with E-state index in [1.165, 1.54) is 23.0 Å². The van der Waals surface area contributed by atoms with Crippen molar-refractivity contribution in [2.24, 2.45) is 17.2 Å². The van der Waals surface area contributed by atoms with Crippen LogP contribution in [0.5, 0.6) is 0 Å². The molecule has 0 atom stereocenters. The Morgan fingerprint density at radius 3 is 2.62 bits per heavy atom. The van der Waals surface area contributed by atoms with Crippen LogP contribution in [0, 0.1) is 0 Å². The quantitative estimate of drug-likeness (QED) is 0.169. The molecule has 0 fully saturated rings. The van der Waals surface area contributed by atoms with Crippen LogP contribution in [0.25, 0.3) is 11.0 Å². The molecule has 0 aliphatic carbocycles.